The summed E-state index contributed by atoms with van der Waals surface area (Å²) in [5.74, 6) is 0.0273. The van der Waals surface area contributed by atoms with Crippen LogP contribution in [0.3, 0.4) is 0 Å². The number of nitro benzene ring substituents is 1. The Morgan fingerprint density at radius 2 is 1.86 bits per heavy atom. The largest absolute Gasteiger partial charge is 0.329 e. The highest BCUT2D eigenvalue weighted by molar-refractivity contribution is 6.00. The Balaban J connectivity index is 1.75. The first-order valence-corrected chi connectivity index (χ1v) is 7.35. The first-order chi connectivity index (χ1) is 10.5. The van der Waals surface area contributed by atoms with Crippen molar-refractivity contribution in [1.29, 1.82) is 0 Å². The van der Waals surface area contributed by atoms with Gasteiger partial charge in [0.1, 0.15) is 6.04 Å². The van der Waals surface area contributed by atoms with Gasteiger partial charge >= 0.3 is 0 Å². The lowest BCUT2D eigenvalue weighted by molar-refractivity contribution is -0.384. The van der Waals surface area contributed by atoms with Gasteiger partial charge in [-0.05, 0) is 31.9 Å². The van der Waals surface area contributed by atoms with Gasteiger partial charge in [-0.3, -0.25) is 19.7 Å². The van der Waals surface area contributed by atoms with Gasteiger partial charge in [0.25, 0.3) is 5.69 Å². The molecule has 1 aromatic carbocycles. The van der Waals surface area contributed by atoms with Gasteiger partial charge in [0.05, 0.1) is 4.92 Å². The summed E-state index contributed by atoms with van der Waals surface area (Å²) in [5, 5.41) is 10.7. The van der Waals surface area contributed by atoms with Crippen LogP contribution in [0.15, 0.2) is 24.3 Å². The number of hydrogen-bond donors (Lipinski definition) is 0. The van der Waals surface area contributed by atoms with E-state index in [4.69, 9.17) is 0 Å². The van der Waals surface area contributed by atoms with Crippen LogP contribution in [0, 0.1) is 16.0 Å². The average molecular weight is 303 g/mol. The highest BCUT2D eigenvalue weighted by Gasteiger charge is 2.40. The third-order valence-corrected chi connectivity index (χ3v) is 4.24. The summed E-state index contributed by atoms with van der Waals surface area (Å²) < 4.78 is 0. The van der Waals surface area contributed by atoms with Crippen molar-refractivity contribution in [2.75, 3.05) is 18.0 Å². The number of piperazine rings is 1. The Hall–Kier alpha value is -2.44. The van der Waals surface area contributed by atoms with Crippen molar-refractivity contribution in [3.8, 4) is 0 Å². The van der Waals surface area contributed by atoms with Gasteiger partial charge in [-0.2, -0.15) is 0 Å². The van der Waals surface area contributed by atoms with Gasteiger partial charge in [0, 0.05) is 36.8 Å². The van der Waals surface area contributed by atoms with E-state index < -0.39 is 11.0 Å². The highest BCUT2D eigenvalue weighted by atomic mass is 16.6. The number of non-ortho nitro benzene ring substituents is 1. The molecular weight excluding hydrogens is 286 g/mol. The van der Waals surface area contributed by atoms with Crippen LogP contribution in [0.4, 0.5) is 11.4 Å². The van der Waals surface area contributed by atoms with Gasteiger partial charge in [-0.25, -0.2) is 0 Å². The Morgan fingerprint density at radius 3 is 2.41 bits per heavy atom. The average Bonchev–Trinajstić information content (AvgIpc) is 3.34. The van der Waals surface area contributed by atoms with Crippen LogP contribution >= 0.6 is 0 Å². The highest BCUT2D eigenvalue weighted by Crippen LogP contribution is 2.33. The minimum Gasteiger partial charge on any atom is -0.329 e. The molecule has 2 fully saturated rings. The van der Waals surface area contributed by atoms with Crippen LogP contribution in [0.2, 0.25) is 0 Å². The quantitative estimate of drug-likeness (QED) is 0.626. The van der Waals surface area contributed by atoms with E-state index in [0.717, 1.165) is 12.8 Å². The smallest absolute Gasteiger partial charge is 0.269 e. The molecule has 1 saturated carbocycles. The van der Waals surface area contributed by atoms with Crippen molar-refractivity contribution in [1.82, 2.24) is 4.90 Å². The van der Waals surface area contributed by atoms with E-state index >= 15 is 0 Å². The summed E-state index contributed by atoms with van der Waals surface area (Å²) in [6.07, 6.45) is 1.84. The Morgan fingerprint density at radius 1 is 1.23 bits per heavy atom. The van der Waals surface area contributed by atoms with E-state index in [1.54, 1.807) is 28.9 Å². The zero-order valence-corrected chi connectivity index (χ0v) is 12.3. The standard InChI is InChI=1S/C15H17N3O4/c1-10-14(19)17(9-8-16(10)15(20)11-2-3-11)12-4-6-13(7-5-12)18(21)22/h4-7,10-11H,2-3,8-9H2,1H3/t10-/m0/s1. The fourth-order valence-electron chi connectivity index (χ4n) is 2.75. The topological polar surface area (TPSA) is 83.8 Å². The van der Waals surface area contributed by atoms with Gasteiger partial charge in [0.15, 0.2) is 0 Å². The summed E-state index contributed by atoms with van der Waals surface area (Å²) in [5.41, 5.74) is 0.618. The van der Waals surface area contributed by atoms with Crippen LogP contribution in [0.1, 0.15) is 19.8 Å². The number of carbonyl (C=O) groups is 2. The van der Waals surface area contributed by atoms with Crippen LogP contribution in [-0.4, -0.2) is 40.8 Å². The zero-order valence-electron chi connectivity index (χ0n) is 12.3. The van der Waals surface area contributed by atoms with Crippen LogP contribution < -0.4 is 4.90 Å². The molecule has 1 saturated heterocycles. The van der Waals surface area contributed by atoms with E-state index in [1.165, 1.54) is 12.1 Å². The molecular formula is C15H17N3O4. The summed E-state index contributed by atoms with van der Waals surface area (Å²) in [6, 6.07) is 5.42. The molecule has 7 heteroatoms. The molecule has 1 aromatic rings. The van der Waals surface area contributed by atoms with Crippen LogP contribution in [-0.2, 0) is 9.59 Å². The molecule has 1 aliphatic carbocycles. The lowest BCUT2D eigenvalue weighted by atomic mass is 10.1. The molecule has 1 aliphatic heterocycles. The fraction of sp³-hybridized carbons (Fsp3) is 0.467. The molecule has 3 rings (SSSR count). The number of nitrogens with zero attached hydrogens (tertiary/aromatic N) is 3. The second-order valence-corrected chi connectivity index (χ2v) is 5.75. The van der Waals surface area contributed by atoms with Gasteiger partial charge in [-0.1, -0.05) is 0 Å². The minimum absolute atomic E-state index is 0.00760. The maximum absolute atomic E-state index is 12.5. The van der Waals surface area contributed by atoms with E-state index in [1.807, 2.05) is 0 Å². The van der Waals surface area contributed by atoms with Crippen LogP contribution in [0.5, 0.6) is 0 Å². The summed E-state index contributed by atoms with van der Waals surface area (Å²) in [7, 11) is 0. The molecule has 0 spiro atoms. The first-order valence-electron chi connectivity index (χ1n) is 7.35. The lowest BCUT2D eigenvalue weighted by Gasteiger charge is -2.39. The maximum Gasteiger partial charge on any atom is 0.269 e. The van der Waals surface area contributed by atoms with E-state index in [0.29, 0.717) is 18.8 Å². The predicted octanol–water partition coefficient (Wildman–Crippen LogP) is 1.57. The zero-order chi connectivity index (χ0) is 15.9. The number of anilines is 1. The monoisotopic (exact) mass is 303 g/mol. The van der Waals surface area contributed by atoms with Crippen molar-refractivity contribution in [3.63, 3.8) is 0 Å². The Labute approximate surface area is 127 Å². The molecule has 0 radical (unpaired) electrons. The van der Waals surface area contributed by atoms with E-state index in [9.17, 15) is 19.7 Å². The second kappa shape index (κ2) is 5.40. The van der Waals surface area contributed by atoms with Crippen molar-refractivity contribution >= 4 is 23.2 Å². The van der Waals surface area contributed by atoms with E-state index in [2.05, 4.69) is 0 Å². The third-order valence-electron chi connectivity index (χ3n) is 4.24. The van der Waals surface area contributed by atoms with Crippen molar-refractivity contribution in [2.24, 2.45) is 5.92 Å². The second-order valence-electron chi connectivity index (χ2n) is 5.75. The summed E-state index contributed by atoms with van der Waals surface area (Å²) in [6.45, 7) is 2.65. The number of carbonyl (C=O) groups excluding carboxylic acids is 2. The van der Waals surface area contributed by atoms with Gasteiger partial charge < -0.3 is 9.80 Å². The number of nitro groups is 1. The van der Waals surface area contributed by atoms with Crippen molar-refractivity contribution in [2.45, 2.75) is 25.8 Å². The Bertz CT molecular complexity index is 624. The minimum atomic E-state index is -0.489. The first kappa shape index (κ1) is 14.5. The molecule has 7 nitrogen and oxygen atoms in total. The van der Waals surface area contributed by atoms with Crippen molar-refractivity contribution < 1.29 is 14.5 Å². The maximum atomic E-state index is 12.5. The third kappa shape index (κ3) is 2.54. The predicted molar refractivity (Wildman–Crippen MR) is 79.3 cm³/mol. The molecule has 2 aliphatic rings. The Kier molecular flexibility index (Phi) is 3.56. The number of hydrogen-bond acceptors (Lipinski definition) is 4. The van der Waals surface area contributed by atoms with Gasteiger partial charge in [-0.15, -0.1) is 0 Å². The molecule has 1 atom stereocenters. The molecule has 2 amide bonds. The van der Waals surface area contributed by atoms with E-state index in [-0.39, 0.29) is 23.4 Å². The number of amides is 2. The number of benzene rings is 1. The fourth-order valence-corrected chi connectivity index (χ4v) is 2.75. The van der Waals surface area contributed by atoms with Crippen LogP contribution in [0.25, 0.3) is 0 Å². The molecule has 1 heterocycles. The molecule has 0 unspecified atom stereocenters. The SMILES string of the molecule is C[C@H]1C(=O)N(c2ccc([N+](=O)[O-])cc2)CCN1C(=O)C1CC1. The summed E-state index contributed by atoms with van der Waals surface area (Å²) >= 11 is 0. The lowest BCUT2D eigenvalue weighted by Crippen LogP contribution is -2.58. The van der Waals surface area contributed by atoms with Crippen molar-refractivity contribution in [3.05, 3.63) is 34.4 Å². The molecule has 0 aromatic heterocycles. The molecule has 22 heavy (non-hydrogen) atoms. The normalized spacial score (nSPS) is 21.9. The molecule has 116 valence electrons. The molecule has 0 bridgehead atoms. The molecule has 0 N–H and O–H groups in total. The van der Waals surface area contributed by atoms with Gasteiger partial charge in [0.2, 0.25) is 11.8 Å². The number of rotatable bonds is 3. The summed E-state index contributed by atoms with van der Waals surface area (Å²) in [4.78, 5) is 38.1.